The van der Waals surface area contributed by atoms with Crippen molar-refractivity contribution in [3.05, 3.63) is 47.2 Å². The van der Waals surface area contributed by atoms with E-state index in [0.717, 1.165) is 22.6 Å². The van der Waals surface area contributed by atoms with Crippen molar-refractivity contribution in [1.29, 1.82) is 0 Å². The van der Waals surface area contributed by atoms with Crippen LogP contribution in [0.2, 0.25) is 5.02 Å². The fourth-order valence-corrected chi connectivity index (χ4v) is 4.92. The first-order valence-electron chi connectivity index (χ1n) is 9.35. The van der Waals surface area contributed by atoms with Crippen LogP contribution in [0, 0.1) is 5.82 Å². The third-order valence-corrected chi connectivity index (χ3v) is 6.90. The second-order valence-corrected chi connectivity index (χ2v) is 9.30. The van der Waals surface area contributed by atoms with Gasteiger partial charge >= 0.3 is 0 Å². The van der Waals surface area contributed by atoms with Crippen molar-refractivity contribution in [1.82, 2.24) is 9.88 Å². The molecule has 0 saturated heterocycles. The molecule has 160 valence electrons. The van der Waals surface area contributed by atoms with Gasteiger partial charge in [0.2, 0.25) is 5.91 Å². The van der Waals surface area contributed by atoms with Gasteiger partial charge in [0.05, 0.1) is 22.6 Å². The molecule has 3 rings (SSSR count). The van der Waals surface area contributed by atoms with Crippen LogP contribution in [0.15, 0.2) is 41.3 Å². The van der Waals surface area contributed by atoms with Gasteiger partial charge in [-0.25, -0.2) is 9.37 Å². The van der Waals surface area contributed by atoms with E-state index >= 15 is 0 Å². The first-order chi connectivity index (χ1) is 14.4. The van der Waals surface area contributed by atoms with E-state index in [2.05, 4.69) is 9.88 Å². The lowest BCUT2D eigenvalue weighted by atomic mass is 10.3. The van der Waals surface area contributed by atoms with Crippen LogP contribution in [-0.4, -0.2) is 55.8 Å². The number of amides is 1. The molecule has 0 fully saturated rings. The summed E-state index contributed by atoms with van der Waals surface area (Å²) >= 11 is 9.11. The van der Waals surface area contributed by atoms with Crippen LogP contribution in [0.25, 0.3) is 10.2 Å². The molecule has 1 aromatic heterocycles. The number of carbonyl (C=O) groups is 1. The first-order valence-corrected chi connectivity index (χ1v) is 11.5. The van der Waals surface area contributed by atoms with Crippen LogP contribution in [0.1, 0.15) is 6.42 Å². The Labute approximate surface area is 188 Å². The van der Waals surface area contributed by atoms with Crippen LogP contribution in [-0.2, 0) is 4.79 Å². The van der Waals surface area contributed by atoms with Crippen LogP contribution >= 0.6 is 34.7 Å². The Morgan fingerprint density at radius 3 is 2.60 bits per heavy atom. The minimum absolute atomic E-state index is 0.0581. The van der Waals surface area contributed by atoms with Crippen LogP contribution in [0.5, 0.6) is 5.75 Å². The predicted molar refractivity (Wildman–Crippen MR) is 124 cm³/mol. The number of thioether (sulfide) groups is 1. The van der Waals surface area contributed by atoms with Crippen molar-refractivity contribution in [2.24, 2.45) is 0 Å². The highest BCUT2D eigenvalue weighted by molar-refractivity contribution is 8.00. The standard InChI is InChI=1S/C21H23ClFN3O2S2/c1-25(2)11-4-12-26(18(27)13-29-15-7-5-14(23)6-8-15)21-24-19-17(28-3)10-9-16(22)20(19)30-21/h5-10H,4,11-13H2,1-3H3. The van der Waals surface area contributed by atoms with Gasteiger partial charge in [0.25, 0.3) is 0 Å². The SMILES string of the molecule is COc1ccc(Cl)c2sc(N(CCCN(C)C)C(=O)CSc3ccc(F)cc3)nc12. The lowest BCUT2D eigenvalue weighted by Crippen LogP contribution is -2.34. The number of thiazole rings is 1. The molecule has 9 heteroatoms. The number of ether oxygens (including phenoxy) is 1. The average Bonchev–Trinajstić information content (AvgIpc) is 3.16. The largest absolute Gasteiger partial charge is 0.494 e. The van der Waals surface area contributed by atoms with Gasteiger partial charge in [0.1, 0.15) is 17.1 Å². The predicted octanol–water partition coefficient (Wildman–Crippen LogP) is 5.17. The van der Waals surface area contributed by atoms with E-state index < -0.39 is 0 Å². The zero-order valence-electron chi connectivity index (χ0n) is 17.0. The summed E-state index contributed by atoms with van der Waals surface area (Å²) in [4.78, 5) is 22.4. The first kappa shape index (κ1) is 22.8. The van der Waals surface area contributed by atoms with Crippen LogP contribution < -0.4 is 9.64 Å². The number of methoxy groups -OCH3 is 1. The molecule has 0 bridgehead atoms. The molecule has 0 radical (unpaired) electrons. The molecule has 0 spiro atoms. The van der Waals surface area contributed by atoms with E-state index in [1.807, 2.05) is 14.1 Å². The van der Waals surface area contributed by atoms with Gasteiger partial charge < -0.3 is 9.64 Å². The Hall–Kier alpha value is -1.87. The quantitative estimate of drug-likeness (QED) is 0.406. The minimum atomic E-state index is -0.295. The van der Waals surface area contributed by atoms with E-state index in [1.165, 1.54) is 35.2 Å². The fourth-order valence-electron chi connectivity index (χ4n) is 2.85. The zero-order valence-corrected chi connectivity index (χ0v) is 19.4. The van der Waals surface area contributed by atoms with Crippen molar-refractivity contribution in [3.63, 3.8) is 0 Å². The summed E-state index contributed by atoms with van der Waals surface area (Å²) in [7, 11) is 5.58. The minimum Gasteiger partial charge on any atom is -0.494 e. The highest BCUT2D eigenvalue weighted by Gasteiger charge is 2.22. The Morgan fingerprint density at radius 2 is 1.93 bits per heavy atom. The summed E-state index contributed by atoms with van der Waals surface area (Å²) in [6.07, 6.45) is 0.806. The van der Waals surface area contributed by atoms with Crippen LogP contribution in [0.3, 0.4) is 0 Å². The van der Waals surface area contributed by atoms with E-state index in [1.54, 1.807) is 36.3 Å². The van der Waals surface area contributed by atoms with Gasteiger partial charge in [-0.2, -0.15) is 0 Å². The number of hydrogen-bond acceptors (Lipinski definition) is 6. The van der Waals surface area contributed by atoms with Crippen LogP contribution in [0.4, 0.5) is 9.52 Å². The molecule has 5 nitrogen and oxygen atoms in total. The number of nitrogens with zero attached hydrogens (tertiary/aromatic N) is 3. The number of hydrogen-bond donors (Lipinski definition) is 0. The van der Waals surface area contributed by atoms with E-state index in [-0.39, 0.29) is 17.5 Å². The molecule has 0 aliphatic heterocycles. The van der Waals surface area contributed by atoms with Crippen molar-refractivity contribution in [3.8, 4) is 5.75 Å². The molecule has 0 aliphatic rings. The molecule has 0 N–H and O–H groups in total. The average molecular weight is 468 g/mol. The zero-order chi connectivity index (χ0) is 21.7. The Balaban J connectivity index is 1.84. The molecule has 1 amide bonds. The number of aromatic nitrogens is 1. The van der Waals surface area contributed by atoms with E-state index in [9.17, 15) is 9.18 Å². The van der Waals surface area contributed by atoms with Gasteiger partial charge in [-0.3, -0.25) is 9.69 Å². The highest BCUT2D eigenvalue weighted by atomic mass is 35.5. The van der Waals surface area contributed by atoms with Crippen molar-refractivity contribution in [2.75, 3.05) is 44.9 Å². The fraction of sp³-hybridized carbons (Fsp3) is 0.333. The van der Waals surface area contributed by atoms with Gasteiger partial charge in [-0.05, 0) is 63.5 Å². The maximum Gasteiger partial charge on any atom is 0.239 e. The van der Waals surface area contributed by atoms with Gasteiger partial charge in [-0.1, -0.05) is 22.9 Å². The summed E-state index contributed by atoms with van der Waals surface area (Å²) in [6.45, 7) is 1.39. The van der Waals surface area contributed by atoms with Crippen molar-refractivity contribution in [2.45, 2.75) is 11.3 Å². The molecular formula is C21H23ClFN3O2S2. The second kappa shape index (κ2) is 10.4. The number of fused-ring (bicyclic) bond motifs is 1. The van der Waals surface area contributed by atoms with E-state index in [4.69, 9.17) is 16.3 Å². The Kier molecular flexibility index (Phi) is 7.93. The smallest absolute Gasteiger partial charge is 0.239 e. The van der Waals surface area contributed by atoms with E-state index in [0.29, 0.717) is 28.0 Å². The maximum atomic E-state index is 13.1. The molecule has 2 aromatic carbocycles. The Morgan fingerprint density at radius 1 is 1.20 bits per heavy atom. The monoisotopic (exact) mass is 467 g/mol. The number of rotatable bonds is 9. The van der Waals surface area contributed by atoms with Crippen molar-refractivity contribution < 1.29 is 13.9 Å². The summed E-state index contributed by atoms with van der Waals surface area (Å²) in [5.41, 5.74) is 0.654. The van der Waals surface area contributed by atoms with Gasteiger partial charge in [-0.15, -0.1) is 11.8 Å². The highest BCUT2D eigenvalue weighted by Crippen LogP contribution is 2.39. The molecule has 0 atom stereocenters. The molecule has 0 unspecified atom stereocenters. The summed E-state index contributed by atoms with van der Waals surface area (Å²) in [5.74, 6) is 0.501. The topological polar surface area (TPSA) is 45.7 Å². The number of anilines is 1. The maximum absolute atomic E-state index is 13.1. The van der Waals surface area contributed by atoms with Crippen molar-refractivity contribution >= 4 is 56.0 Å². The molecule has 30 heavy (non-hydrogen) atoms. The number of carbonyl (C=O) groups excluding carboxylic acids is 1. The van der Waals surface area contributed by atoms with Gasteiger partial charge in [0, 0.05) is 11.4 Å². The third kappa shape index (κ3) is 5.63. The lowest BCUT2D eigenvalue weighted by Gasteiger charge is -2.21. The summed E-state index contributed by atoms with van der Waals surface area (Å²) in [5, 5.41) is 1.18. The second-order valence-electron chi connectivity index (χ2n) is 6.87. The number of benzene rings is 2. The summed E-state index contributed by atoms with van der Waals surface area (Å²) < 4.78 is 19.3. The number of halogens is 2. The summed E-state index contributed by atoms with van der Waals surface area (Å²) in [6, 6.07) is 9.68. The molecule has 1 heterocycles. The molecule has 3 aromatic rings. The molecular weight excluding hydrogens is 445 g/mol. The normalized spacial score (nSPS) is 11.3. The Bertz CT molecular complexity index is 1010. The lowest BCUT2D eigenvalue weighted by molar-refractivity contribution is -0.116. The molecule has 0 saturated carbocycles. The van der Waals surface area contributed by atoms with Gasteiger partial charge in [0.15, 0.2) is 5.13 Å². The third-order valence-electron chi connectivity index (χ3n) is 4.36. The molecule has 0 aliphatic carbocycles.